The number of methoxy groups -OCH3 is 1. The number of hydrogen-bond acceptors (Lipinski definition) is 2. The average Bonchev–Trinajstić information content (AvgIpc) is 2.39. The van der Waals surface area contributed by atoms with Crippen LogP contribution in [0.1, 0.15) is 17.2 Å². The minimum atomic E-state index is -0.544. The summed E-state index contributed by atoms with van der Waals surface area (Å²) < 4.78 is 18.8. The van der Waals surface area contributed by atoms with E-state index in [0.717, 1.165) is 5.56 Å². The SMILES string of the molecule is COc1cc(C(N)c2ccccc2F)ccc1Cl. The summed E-state index contributed by atoms with van der Waals surface area (Å²) in [6, 6.07) is 11.1. The van der Waals surface area contributed by atoms with Gasteiger partial charge in [-0.25, -0.2) is 4.39 Å². The first-order chi connectivity index (χ1) is 8.63. The van der Waals surface area contributed by atoms with Gasteiger partial charge in [-0.15, -0.1) is 0 Å². The van der Waals surface area contributed by atoms with Gasteiger partial charge >= 0.3 is 0 Å². The van der Waals surface area contributed by atoms with Crippen molar-refractivity contribution in [1.82, 2.24) is 0 Å². The summed E-state index contributed by atoms with van der Waals surface area (Å²) in [5.41, 5.74) is 7.25. The van der Waals surface area contributed by atoms with Crippen LogP contribution in [-0.4, -0.2) is 7.11 Å². The zero-order chi connectivity index (χ0) is 13.1. The normalized spacial score (nSPS) is 12.2. The van der Waals surface area contributed by atoms with Gasteiger partial charge in [0, 0.05) is 5.56 Å². The number of rotatable bonds is 3. The zero-order valence-corrected chi connectivity index (χ0v) is 10.6. The fourth-order valence-corrected chi connectivity index (χ4v) is 1.97. The van der Waals surface area contributed by atoms with Gasteiger partial charge in [-0.3, -0.25) is 0 Å². The van der Waals surface area contributed by atoms with Gasteiger partial charge in [-0.1, -0.05) is 35.9 Å². The Morgan fingerprint density at radius 3 is 2.61 bits per heavy atom. The maximum absolute atomic E-state index is 13.7. The molecule has 0 amide bonds. The van der Waals surface area contributed by atoms with Crippen molar-refractivity contribution in [2.45, 2.75) is 6.04 Å². The summed E-state index contributed by atoms with van der Waals surface area (Å²) in [6.45, 7) is 0. The van der Waals surface area contributed by atoms with Gasteiger partial charge in [0.2, 0.25) is 0 Å². The van der Waals surface area contributed by atoms with Gasteiger partial charge in [0.1, 0.15) is 11.6 Å². The fourth-order valence-electron chi connectivity index (χ4n) is 1.78. The molecule has 2 N–H and O–H groups in total. The van der Waals surface area contributed by atoms with Crippen molar-refractivity contribution in [3.63, 3.8) is 0 Å². The molecule has 1 unspecified atom stereocenters. The second-order valence-electron chi connectivity index (χ2n) is 3.89. The van der Waals surface area contributed by atoms with Crippen LogP contribution in [0.25, 0.3) is 0 Å². The van der Waals surface area contributed by atoms with Crippen LogP contribution >= 0.6 is 11.6 Å². The predicted octanol–water partition coefficient (Wildman–Crippen LogP) is 3.54. The van der Waals surface area contributed by atoms with E-state index in [1.165, 1.54) is 13.2 Å². The Hall–Kier alpha value is -1.58. The number of ether oxygens (including phenoxy) is 1. The van der Waals surface area contributed by atoms with Gasteiger partial charge in [-0.2, -0.15) is 0 Å². The number of hydrogen-bond donors (Lipinski definition) is 1. The lowest BCUT2D eigenvalue weighted by molar-refractivity contribution is 0.414. The van der Waals surface area contributed by atoms with E-state index in [-0.39, 0.29) is 5.82 Å². The Balaban J connectivity index is 2.40. The van der Waals surface area contributed by atoms with Crippen molar-refractivity contribution in [2.24, 2.45) is 5.73 Å². The molecule has 4 heteroatoms. The van der Waals surface area contributed by atoms with E-state index in [0.29, 0.717) is 16.3 Å². The molecule has 0 aromatic heterocycles. The first-order valence-electron chi connectivity index (χ1n) is 5.47. The number of halogens is 2. The molecule has 0 bridgehead atoms. The zero-order valence-electron chi connectivity index (χ0n) is 9.86. The molecule has 0 saturated heterocycles. The van der Waals surface area contributed by atoms with Crippen molar-refractivity contribution in [1.29, 1.82) is 0 Å². The Morgan fingerprint density at radius 1 is 1.22 bits per heavy atom. The smallest absolute Gasteiger partial charge is 0.137 e. The lowest BCUT2D eigenvalue weighted by atomic mass is 9.99. The molecule has 0 spiro atoms. The maximum atomic E-state index is 13.7. The monoisotopic (exact) mass is 265 g/mol. The van der Waals surface area contributed by atoms with Crippen molar-refractivity contribution in [3.05, 3.63) is 64.4 Å². The van der Waals surface area contributed by atoms with Gasteiger partial charge in [0.05, 0.1) is 18.2 Å². The topological polar surface area (TPSA) is 35.2 Å². The summed E-state index contributed by atoms with van der Waals surface area (Å²) in [5.74, 6) is 0.208. The first-order valence-corrected chi connectivity index (χ1v) is 5.84. The number of nitrogens with two attached hydrogens (primary N) is 1. The van der Waals surface area contributed by atoms with Crippen molar-refractivity contribution in [2.75, 3.05) is 7.11 Å². The summed E-state index contributed by atoms with van der Waals surface area (Å²) >= 11 is 5.94. The van der Waals surface area contributed by atoms with Crippen molar-refractivity contribution < 1.29 is 9.13 Å². The van der Waals surface area contributed by atoms with Crippen molar-refractivity contribution >= 4 is 11.6 Å². The Labute approximate surface area is 110 Å². The molecule has 2 nitrogen and oxygen atoms in total. The minimum absolute atomic E-state index is 0.320. The Morgan fingerprint density at radius 2 is 1.94 bits per heavy atom. The highest BCUT2D eigenvalue weighted by atomic mass is 35.5. The highest BCUT2D eigenvalue weighted by Gasteiger charge is 2.14. The number of benzene rings is 2. The summed E-state index contributed by atoms with van der Waals surface area (Å²) in [7, 11) is 1.53. The molecule has 0 saturated carbocycles. The standard InChI is InChI=1S/C14H13ClFNO/c1-18-13-8-9(6-7-11(13)15)14(17)10-4-2-3-5-12(10)16/h2-8,14H,17H2,1H3. The van der Waals surface area contributed by atoms with Crippen LogP contribution in [-0.2, 0) is 0 Å². The van der Waals surface area contributed by atoms with E-state index in [4.69, 9.17) is 22.1 Å². The van der Waals surface area contributed by atoms with E-state index >= 15 is 0 Å². The van der Waals surface area contributed by atoms with Crippen LogP contribution in [0.5, 0.6) is 5.75 Å². The van der Waals surface area contributed by atoms with Gasteiger partial charge in [0.25, 0.3) is 0 Å². The quantitative estimate of drug-likeness (QED) is 0.921. The molecule has 2 aromatic carbocycles. The van der Waals surface area contributed by atoms with Crippen LogP contribution in [0.2, 0.25) is 5.02 Å². The lowest BCUT2D eigenvalue weighted by Crippen LogP contribution is -2.13. The van der Waals surface area contributed by atoms with E-state index < -0.39 is 6.04 Å². The molecule has 0 aliphatic heterocycles. The molecule has 1 atom stereocenters. The molecule has 0 fully saturated rings. The summed E-state index contributed by atoms with van der Waals surface area (Å²) in [5, 5.41) is 0.502. The molecule has 0 heterocycles. The van der Waals surface area contributed by atoms with E-state index in [9.17, 15) is 4.39 Å². The fraction of sp³-hybridized carbons (Fsp3) is 0.143. The summed E-state index contributed by atoms with van der Waals surface area (Å²) in [6.07, 6.45) is 0. The van der Waals surface area contributed by atoms with Crippen LogP contribution in [0, 0.1) is 5.82 Å². The third kappa shape index (κ3) is 2.47. The van der Waals surface area contributed by atoms with Crippen molar-refractivity contribution in [3.8, 4) is 5.75 Å². The van der Waals surface area contributed by atoms with Gasteiger partial charge < -0.3 is 10.5 Å². The van der Waals surface area contributed by atoms with Gasteiger partial charge in [0.15, 0.2) is 0 Å². The lowest BCUT2D eigenvalue weighted by Gasteiger charge is -2.15. The van der Waals surface area contributed by atoms with Gasteiger partial charge in [-0.05, 0) is 23.8 Å². The third-order valence-electron chi connectivity index (χ3n) is 2.77. The Kier molecular flexibility index (Phi) is 3.84. The van der Waals surface area contributed by atoms with Crippen LogP contribution in [0.4, 0.5) is 4.39 Å². The molecule has 94 valence electrons. The third-order valence-corrected chi connectivity index (χ3v) is 3.09. The Bertz CT molecular complexity index is 559. The maximum Gasteiger partial charge on any atom is 0.137 e. The molecule has 0 aliphatic rings. The predicted molar refractivity (Wildman–Crippen MR) is 70.4 cm³/mol. The van der Waals surface area contributed by atoms with Crippen LogP contribution in [0.3, 0.4) is 0 Å². The largest absolute Gasteiger partial charge is 0.495 e. The highest BCUT2D eigenvalue weighted by Crippen LogP contribution is 2.30. The second kappa shape index (κ2) is 5.38. The molecule has 2 rings (SSSR count). The van der Waals surface area contributed by atoms with Crippen LogP contribution < -0.4 is 10.5 Å². The second-order valence-corrected chi connectivity index (χ2v) is 4.30. The minimum Gasteiger partial charge on any atom is -0.495 e. The first kappa shape index (κ1) is 12.9. The molecule has 0 radical (unpaired) electrons. The molecule has 2 aromatic rings. The molecular formula is C14H13ClFNO. The average molecular weight is 266 g/mol. The molecular weight excluding hydrogens is 253 g/mol. The highest BCUT2D eigenvalue weighted by molar-refractivity contribution is 6.32. The van der Waals surface area contributed by atoms with E-state index in [2.05, 4.69) is 0 Å². The van der Waals surface area contributed by atoms with Crippen LogP contribution in [0.15, 0.2) is 42.5 Å². The summed E-state index contributed by atoms with van der Waals surface area (Å²) in [4.78, 5) is 0. The molecule has 18 heavy (non-hydrogen) atoms. The van der Waals surface area contributed by atoms with E-state index in [1.54, 1.807) is 36.4 Å². The van der Waals surface area contributed by atoms with E-state index in [1.807, 2.05) is 0 Å². The molecule has 0 aliphatic carbocycles.